The summed E-state index contributed by atoms with van der Waals surface area (Å²) in [6.45, 7) is 12.0. The Kier molecular flexibility index (Phi) is 6.15. The summed E-state index contributed by atoms with van der Waals surface area (Å²) in [6.07, 6.45) is 1.71. The van der Waals surface area contributed by atoms with Gasteiger partial charge < -0.3 is 14.4 Å². The van der Waals surface area contributed by atoms with Crippen molar-refractivity contribution in [2.45, 2.75) is 64.8 Å². The van der Waals surface area contributed by atoms with E-state index in [1.165, 1.54) is 16.2 Å². The lowest BCUT2D eigenvalue weighted by molar-refractivity contribution is 0.0209. The number of nitrogens with zero attached hydrogens (tertiary/aromatic N) is 6. The quantitative estimate of drug-likeness (QED) is 0.533. The second kappa shape index (κ2) is 9.06. The van der Waals surface area contributed by atoms with Crippen molar-refractivity contribution in [3.05, 3.63) is 51.8 Å². The van der Waals surface area contributed by atoms with Gasteiger partial charge in [-0.05, 0) is 52.3 Å². The molecule has 0 radical (unpaired) electrons. The predicted octanol–water partition coefficient (Wildman–Crippen LogP) is 3.45. The number of halogens is 1. The largest absolute Gasteiger partial charge is 0.486 e. The van der Waals surface area contributed by atoms with E-state index in [0.717, 1.165) is 17.1 Å². The van der Waals surface area contributed by atoms with Crippen LogP contribution >= 0.6 is 0 Å². The van der Waals surface area contributed by atoms with E-state index in [1.54, 1.807) is 6.20 Å². The summed E-state index contributed by atoms with van der Waals surface area (Å²) in [4.78, 5) is 21.6. The molecule has 196 valence electrons. The van der Waals surface area contributed by atoms with Gasteiger partial charge in [-0.25, -0.2) is 14.2 Å². The Labute approximate surface area is 215 Å². The first kappa shape index (κ1) is 25.1. The van der Waals surface area contributed by atoms with E-state index < -0.39 is 11.4 Å². The third-order valence-electron chi connectivity index (χ3n) is 7.45. The number of aromatic nitrogens is 3. The number of hydrogen-bond acceptors (Lipinski definition) is 7. The van der Waals surface area contributed by atoms with Crippen LogP contribution in [0.15, 0.2) is 29.2 Å². The van der Waals surface area contributed by atoms with Gasteiger partial charge in [0.2, 0.25) is 5.82 Å². The molecule has 4 heterocycles. The molecule has 0 saturated carbocycles. The molecule has 1 fully saturated rings. The molecular weight excluding hydrogens is 475 g/mol. The van der Waals surface area contributed by atoms with Crippen LogP contribution in [0.5, 0.6) is 11.5 Å². The summed E-state index contributed by atoms with van der Waals surface area (Å²) in [7, 11) is 1.50. The van der Waals surface area contributed by atoms with Crippen LogP contribution in [-0.4, -0.2) is 56.5 Å². The van der Waals surface area contributed by atoms with Crippen LogP contribution in [-0.2, 0) is 13.5 Å². The number of fused-ring (bicyclic) bond motifs is 2. The molecule has 0 N–H and O–H groups in total. The zero-order chi connectivity index (χ0) is 26.6. The van der Waals surface area contributed by atoms with Crippen LogP contribution in [0.4, 0.5) is 10.1 Å². The van der Waals surface area contributed by atoms with E-state index >= 15 is 4.39 Å². The third-order valence-corrected chi connectivity index (χ3v) is 7.45. The van der Waals surface area contributed by atoms with E-state index in [2.05, 4.69) is 41.9 Å². The van der Waals surface area contributed by atoms with Gasteiger partial charge in [0.15, 0.2) is 17.1 Å². The van der Waals surface area contributed by atoms with Gasteiger partial charge in [-0.15, -0.1) is 0 Å². The Morgan fingerprint density at radius 3 is 2.73 bits per heavy atom. The lowest BCUT2D eigenvalue weighted by atomic mass is 9.99. The van der Waals surface area contributed by atoms with Gasteiger partial charge >= 0.3 is 5.56 Å². The molecule has 10 heteroatoms. The Morgan fingerprint density at radius 2 is 2.00 bits per heavy atom. The average molecular weight is 509 g/mol. The molecule has 0 spiro atoms. The first-order chi connectivity index (χ1) is 17.5. The Bertz CT molecular complexity index is 1460. The second-order valence-corrected chi connectivity index (χ2v) is 10.8. The minimum absolute atomic E-state index is 0.0629. The maximum absolute atomic E-state index is 15.5. The average Bonchev–Trinajstić information content (AvgIpc) is 3.27. The number of anilines is 1. The zero-order valence-electron chi connectivity index (χ0n) is 22.2. The number of hydrogen-bond donors (Lipinski definition) is 0. The SMILES string of the molecule is CC(c1ccc2c(c1)OC(C)(C)CO2)N1C[C@H](C)N(c2c(F)c(=O)n(C)n3cc(CC#N)nc23)C[C@H]1C. The van der Waals surface area contributed by atoms with Gasteiger partial charge in [0.25, 0.3) is 0 Å². The summed E-state index contributed by atoms with van der Waals surface area (Å²) in [5.41, 5.74) is 1.05. The number of imidazole rings is 1. The molecule has 3 aromatic rings. The van der Waals surface area contributed by atoms with Crippen LogP contribution < -0.4 is 19.9 Å². The molecule has 2 aliphatic heterocycles. The van der Waals surface area contributed by atoms with Crippen molar-refractivity contribution >= 4 is 11.3 Å². The van der Waals surface area contributed by atoms with Crippen molar-refractivity contribution in [2.24, 2.45) is 7.05 Å². The highest BCUT2D eigenvalue weighted by Gasteiger charge is 2.36. The van der Waals surface area contributed by atoms with E-state index in [4.69, 9.17) is 14.7 Å². The fourth-order valence-electron chi connectivity index (χ4n) is 5.43. The predicted molar refractivity (Wildman–Crippen MR) is 138 cm³/mol. The lowest BCUT2D eigenvalue weighted by Crippen LogP contribution is -2.57. The van der Waals surface area contributed by atoms with Gasteiger partial charge in [-0.1, -0.05) is 6.07 Å². The van der Waals surface area contributed by atoms with Crippen molar-refractivity contribution in [3.8, 4) is 17.6 Å². The maximum Gasteiger partial charge on any atom is 0.303 e. The fraction of sp³-hybridized carbons (Fsp3) is 0.519. The number of rotatable bonds is 4. The molecule has 37 heavy (non-hydrogen) atoms. The molecule has 0 aliphatic carbocycles. The third kappa shape index (κ3) is 4.31. The molecular formula is C27H33FN6O3. The normalized spacial score (nSPS) is 22.2. The molecule has 1 unspecified atom stereocenters. The highest BCUT2D eigenvalue weighted by atomic mass is 19.1. The van der Waals surface area contributed by atoms with Crippen molar-refractivity contribution in [1.82, 2.24) is 19.1 Å². The first-order valence-electron chi connectivity index (χ1n) is 12.6. The molecule has 9 nitrogen and oxygen atoms in total. The van der Waals surface area contributed by atoms with Crippen LogP contribution in [0.25, 0.3) is 5.65 Å². The Morgan fingerprint density at radius 1 is 1.24 bits per heavy atom. The van der Waals surface area contributed by atoms with E-state index in [1.807, 2.05) is 31.7 Å². The number of benzene rings is 1. The highest BCUT2D eigenvalue weighted by molar-refractivity contribution is 5.70. The summed E-state index contributed by atoms with van der Waals surface area (Å²) in [5.74, 6) is 0.679. The minimum atomic E-state index is -0.820. The molecule has 0 bridgehead atoms. The van der Waals surface area contributed by atoms with Gasteiger partial charge in [-0.2, -0.15) is 9.65 Å². The van der Waals surface area contributed by atoms with Crippen LogP contribution in [0.2, 0.25) is 0 Å². The molecule has 2 aliphatic rings. The zero-order valence-corrected chi connectivity index (χ0v) is 22.2. The molecule has 1 saturated heterocycles. The van der Waals surface area contributed by atoms with Crippen LogP contribution in [0.1, 0.15) is 51.9 Å². The van der Waals surface area contributed by atoms with Gasteiger partial charge in [0.1, 0.15) is 17.9 Å². The van der Waals surface area contributed by atoms with Crippen molar-refractivity contribution in [2.75, 3.05) is 24.6 Å². The smallest absolute Gasteiger partial charge is 0.303 e. The van der Waals surface area contributed by atoms with Crippen LogP contribution in [0, 0.1) is 17.1 Å². The molecule has 5 rings (SSSR count). The van der Waals surface area contributed by atoms with Crippen molar-refractivity contribution in [3.63, 3.8) is 0 Å². The standard InChI is InChI=1S/C27H33FN6O3/c1-16-13-33(24-23(28)26(35)31(6)34-14-20(9-10-29)30-25(24)34)17(2)12-32(16)18(3)19-7-8-21-22(11-19)37-27(4,5)15-36-21/h7-8,11,14,16-18H,9,12-13,15H2,1-6H3/t16-,17+,18?/m1/s1. The molecule has 1 aromatic carbocycles. The highest BCUT2D eigenvalue weighted by Crippen LogP contribution is 2.39. The number of aryl methyl sites for hydroxylation is 1. The summed E-state index contributed by atoms with van der Waals surface area (Å²) >= 11 is 0. The number of ether oxygens (including phenoxy) is 2. The fourth-order valence-corrected chi connectivity index (χ4v) is 5.43. The lowest BCUT2D eigenvalue weighted by Gasteiger charge is -2.47. The topological polar surface area (TPSA) is 88.0 Å². The molecule has 2 aromatic heterocycles. The van der Waals surface area contributed by atoms with E-state index in [9.17, 15) is 4.79 Å². The van der Waals surface area contributed by atoms with Crippen molar-refractivity contribution in [1.29, 1.82) is 5.26 Å². The Balaban J connectivity index is 1.45. The maximum atomic E-state index is 15.5. The van der Waals surface area contributed by atoms with Crippen LogP contribution in [0.3, 0.4) is 0 Å². The second-order valence-electron chi connectivity index (χ2n) is 10.8. The summed E-state index contributed by atoms with van der Waals surface area (Å²) in [6, 6.07) is 8.22. The number of piperazine rings is 1. The van der Waals surface area contributed by atoms with Crippen molar-refractivity contribution < 1.29 is 13.9 Å². The van der Waals surface area contributed by atoms with E-state index in [0.29, 0.717) is 31.0 Å². The Hall–Kier alpha value is -3.58. The van der Waals surface area contributed by atoms with Gasteiger partial charge in [-0.3, -0.25) is 9.69 Å². The first-order valence-corrected chi connectivity index (χ1v) is 12.6. The number of nitriles is 1. The molecule has 0 amide bonds. The van der Waals surface area contributed by atoms with Gasteiger partial charge in [0.05, 0.1) is 24.4 Å². The van der Waals surface area contributed by atoms with E-state index in [-0.39, 0.29) is 35.8 Å². The summed E-state index contributed by atoms with van der Waals surface area (Å²) < 4.78 is 30.2. The summed E-state index contributed by atoms with van der Waals surface area (Å²) in [5, 5.41) is 9.11. The minimum Gasteiger partial charge on any atom is -0.486 e. The monoisotopic (exact) mass is 508 g/mol. The molecule has 3 atom stereocenters. The van der Waals surface area contributed by atoms with Gasteiger partial charge in [0, 0.05) is 38.3 Å².